The number of rotatable bonds is 9. The number of nitrogens with two attached hydrogens (primary N) is 4. The minimum atomic E-state index is -0.136. The number of hydrogen-bond donors (Lipinski definition) is 6. The molecule has 2 aromatic carbocycles. The van der Waals surface area contributed by atoms with Crippen LogP contribution < -0.4 is 49.1 Å². The van der Waals surface area contributed by atoms with Gasteiger partial charge in [0.15, 0.2) is 5.84 Å². The van der Waals surface area contributed by atoms with Gasteiger partial charge in [0.05, 0.1) is 17.8 Å². The lowest BCUT2D eigenvalue weighted by atomic mass is 10.1. The molecule has 182 valence electrons. The summed E-state index contributed by atoms with van der Waals surface area (Å²) < 4.78 is 13.4. The molecule has 0 radical (unpaired) electrons. The average Bonchev–Trinajstić information content (AvgIpc) is 2.87. The van der Waals surface area contributed by atoms with E-state index in [9.17, 15) is 4.79 Å². The highest BCUT2D eigenvalue weighted by atomic mass is 16.5. The monoisotopic (exact) mass is 468 g/mol. The molecule has 11 nitrogen and oxygen atoms in total. The summed E-state index contributed by atoms with van der Waals surface area (Å²) in [6.07, 6.45) is 0. The molecule has 3 rings (SSSR count). The number of hydrazone groups is 1. The number of aryl methyl sites for hydroxylation is 1. The van der Waals surface area contributed by atoms with Crippen LogP contribution in [0.25, 0.3) is 10.9 Å². The Labute approximate surface area is 197 Å². The van der Waals surface area contributed by atoms with Gasteiger partial charge in [-0.25, -0.2) is 5.84 Å². The lowest BCUT2D eigenvalue weighted by Gasteiger charge is -2.18. The molecule has 0 aliphatic rings. The summed E-state index contributed by atoms with van der Waals surface area (Å²) in [5.74, 6) is 17.3. The third-order valence-corrected chi connectivity index (χ3v) is 4.83. The third-order valence-electron chi connectivity index (χ3n) is 4.83. The summed E-state index contributed by atoms with van der Waals surface area (Å²) in [5, 5.41) is 4.29. The largest absolute Gasteiger partial charge is 0.487 e. The fourth-order valence-electron chi connectivity index (χ4n) is 3.24. The molecule has 0 aliphatic heterocycles. The number of nitrogens with one attached hydrogen (secondary N) is 2. The molecule has 1 aromatic heterocycles. The summed E-state index contributed by atoms with van der Waals surface area (Å²) in [6, 6.07) is 14.8. The SMILES string of the molecule is C=C(COc1cc(OC/C(=N/N)NN)cc2c1c(C)cc(=O)n2Cc1ccccc1)NN.CN. The molecule has 0 spiro atoms. The van der Waals surface area contributed by atoms with E-state index in [0.717, 1.165) is 16.5 Å². The Balaban J connectivity index is 0.00000199. The van der Waals surface area contributed by atoms with Crippen LogP contribution in [-0.2, 0) is 6.54 Å². The molecule has 34 heavy (non-hydrogen) atoms. The van der Waals surface area contributed by atoms with Gasteiger partial charge in [0.2, 0.25) is 0 Å². The van der Waals surface area contributed by atoms with Crippen LogP contribution in [0.2, 0.25) is 0 Å². The highest BCUT2D eigenvalue weighted by Crippen LogP contribution is 2.33. The van der Waals surface area contributed by atoms with Gasteiger partial charge in [0.25, 0.3) is 5.56 Å². The van der Waals surface area contributed by atoms with Crippen molar-refractivity contribution in [2.45, 2.75) is 13.5 Å². The molecule has 0 saturated heterocycles. The van der Waals surface area contributed by atoms with Crippen LogP contribution in [0.1, 0.15) is 11.1 Å². The standard InChI is InChI=1S/C22H27N7O3.CH5N/c1-14-8-21(30)29(11-16-6-4-3-5-7-16)18-9-17(31-13-20(27-24)28-25)10-19(22(14)18)32-12-15(2)26-23;1-2/h3-10,26H,2,11-13,23-25H2,1H3,(H,27,28);2H2,1H3. The van der Waals surface area contributed by atoms with Gasteiger partial charge in [-0.3, -0.25) is 10.6 Å². The number of ether oxygens (including phenoxy) is 2. The number of hydrogen-bond acceptors (Lipinski definition) is 9. The number of fused-ring (bicyclic) bond motifs is 1. The van der Waals surface area contributed by atoms with Crippen LogP contribution in [0.3, 0.4) is 0 Å². The maximum atomic E-state index is 12.9. The van der Waals surface area contributed by atoms with Gasteiger partial charge in [-0.05, 0) is 25.1 Å². The summed E-state index contributed by atoms with van der Waals surface area (Å²) >= 11 is 0. The fourth-order valence-corrected chi connectivity index (χ4v) is 3.24. The van der Waals surface area contributed by atoms with E-state index in [1.54, 1.807) is 22.8 Å². The number of benzene rings is 2. The molecular formula is C23H32N8O3. The van der Waals surface area contributed by atoms with Crippen molar-refractivity contribution in [3.8, 4) is 11.5 Å². The van der Waals surface area contributed by atoms with Crippen LogP contribution in [-0.4, -0.2) is 30.7 Å². The van der Waals surface area contributed by atoms with Crippen LogP contribution in [0.4, 0.5) is 0 Å². The second kappa shape index (κ2) is 12.8. The minimum absolute atomic E-state index is 0.00371. The summed E-state index contributed by atoms with van der Waals surface area (Å²) in [6.45, 7) is 6.16. The molecule has 0 unspecified atom stereocenters. The maximum absolute atomic E-state index is 12.9. The number of hydrazine groups is 2. The Morgan fingerprint density at radius 1 is 1.06 bits per heavy atom. The van der Waals surface area contributed by atoms with E-state index in [2.05, 4.69) is 28.3 Å². The first-order valence-electron chi connectivity index (χ1n) is 10.4. The van der Waals surface area contributed by atoms with Crippen LogP contribution in [0.5, 0.6) is 11.5 Å². The molecular weight excluding hydrogens is 436 g/mol. The fraction of sp³-hybridized carbons (Fsp3) is 0.217. The summed E-state index contributed by atoms with van der Waals surface area (Å²) in [4.78, 5) is 12.9. The van der Waals surface area contributed by atoms with Crippen LogP contribution in [0.15, 0.2) is 70.7 Å². The zero-order chi connectivity index (χ0) is 25.1. The van der Waals surface area contributed by atoms with Gasteiger partial charge in [-0.1, -0.05) is 36.9 Å². The van der Waals surface area contributed by atoms with Crippen molar-refractivity contribution < 1.29 is 9.47 Å². The van der Waals surface area contributed by atoms with Crippen molar-refractivity contribution in [2.75, 3.05) is 20.3 Å². The number of nitrogens with zero attached hydrogens (tertiary/aromatic N) is 2. The van der Waals surface area contributed by atoms with Gasteiger partial charge < -0.3 is 36.5 Å². The van der Waals surface area contributed by atoms with Crippen molar-refractivity contribution in [2.24, 2.45) is 28.4 Å². The predicted octanol–water partition coefficient (Wildman–Crippen LogP) is 0.403. The zero-order valence-electron chi connectivity index (χ0n) is 19.4. The molecule has 0 atom stereocenters. The lowest BCUT2D eigenvalue weighted by Crippen LogP contribution is -2.35. The number of amidine groups is 1. The van der Waals surface area contributed by atoms with Gasteiger partial charge >= 0.3 is 0 Å². The molecule has 0 amide bonds. The van der Waals surface area contributed by atoms with Crippen molar-refractivity contribution in [1.29, 1.82) is 0 Å². The lowest BCUT2D eigenvalue weighted by molar-refractivity contribution is 0.338. The van der Waals surface area contributed by atoms with E-state index in [-0.39, 0.29) is 24.6 Å². The van der Waals surface area contributed by atoms with Gasteiger partial charge in [0.1, 0.15) is 24.7 Å². The Morgan fingerprint density at radius 3 is 2.38 bits per heavy atom. The minimum Gasteiger partial charge on any atom is -0.487 e. The second-order valence-electron chi connectivity index (χ2n) is 7.10. The molecule has 3 aromatic rings. The van der Waals surface area contributed by atoms with Gasteiger partial charge in [-0.2, -0.15) is 5.10 Å². The number of pyridine rings is 1. The first-order chi connectivity index (χ1) is 16.5. The van der Waals surface area contributed by atoms with Gasteiger partial charge in [-0.15, -0.1) is 0 Å². The first-order valence-corrected chi connectivity index (χ1v) is 10.4. The third kappa shape index (κ3) is 6.48. The molecule has 0 fully saturated rings. The van der Waals surface area contributed by atoms with Crippen molar-refractivity contribution in [3.63, 3.8) is 0 Å². The molecule has 11 heteroatoms. The summed E-state index contributed by atoms with van der Waals surface area (Å²) in [7, 11) is 1.50. The smallest absolute Gasteiger partial charge is 0.251 e. The normalized spacial score (nSPS) is 10.8. The van der Waals surface area contributed by atoms with Crippen LogP contribution >= 0.6 is 0 Å². The van der Waals surface area contributed by atoms with Crippen LogP contribution in [0, 0.1) is 6.92 Å². The molecule has 0 saturated carbocycles. The Kier molecular flexibility index (Phi) is 9.90. The van der Waals surface area contributed by atoms with E-state index < -0.39 is 0 Å². The zero-order valence-corrected chi connectivity index (χ0v) is 19.4. The van der Waals surface area contributed by atoms with E-state index in [0.29, 0.717) is 29.3 Å². The quantitative estimate of drug-likeness (QED) is 0.112. The Hall–Kier alpha value is -4.06. The highest BCUT2D eigenvalue weighted by Gasteiger charge is 2.15. The molecule has 0 bridgehead atoms. The highest BCUT2D eigenvalue weighted by molar-refractivity contribution is 5.90. The van der Waals surface area contributed by atoms with Gasteiger partial charge in [0, 0.05) is 23.6 Å². The van der Waals surface area contributed by atoms with Crippen molar-refractivity contribution >= 4 is 16.7 Å². The second-order valence-corrected chi connectivity index (χ2v) is 7.10. The van der Waals surface area contributed by atoms with Crippen molar-refractivity contribution in [3.05, 3.63) is 82.3 Å². The van der Waals surface area contributed by atoms with E-state index in [4.69, 9.17) is 27.0 Å². The first kappa shape index (κ1) is 26.2. The van der Waals surface area contributed by atoms with E-state index >= 15 is 0 Å². The summed E-state index contributed by atoms with van der Waals surface area (Å²) in [5.41, 5.74) is 12.1. The molecule has 0 aliphatic carbocycles. The topological polar surface area (TPSA) is 181 Å². The van der Waals surface area contributed by atoms with Crippen molar-refractivity contribution in [1.82, 2.24) is 15.4 Å². The average molecular weight is 469 g/mol. The maximum Gasteiger partial charge on any atom is 0.251 e. The predicted molar refractivity (Wildman–Crippen MR) is 135 cm³/mol. The molecule has 10 N–H and O–H groups in total. The molecule has 1 heterocycles. The van der Waals surface area contributed by atoms with E-state index in [1.807, 2.05) is 37.3 Å². The Bertz CT molecular complexity index is 1190. The van der Waals surface area contributed by atoms with E-state index in [1.165, 1.54) is 7.05 Å². The number of aromatic nitrogens is 1. The Morgan fingerprint density at radius 2 is 1.76 bits per heavy atom.